The molecule has 0 aromatic heterocycles. The average Bonchev–Trinajstić information content (AvgIpc) is 2.41. The van der Waals surface area contributed by atoms with Crippen molar-refractivity contribution in [3.05, 3.63) is 29.3 Å². The fourth-order valence-corrected chi connectivity index (χ4v) is 2.82. The molecule has 0 radical (unpaired) electrons. The van der Waals surface area contributed by atoms with E-state index in [1.165, 1.54) is 42.5 Å². The first kappa shape index (κ1) is 18.1. The topological polar surface area (TPSA) is 12.0 Å². The van der Waals surface area contributed by atoms with Crippen molar-refractivity contribution in [2.75, 3.05) is 11.9 Å². The molecule has 0 atom stereocenters. The lowest BCUT2D eigenvalue weighted by Gasteiger charge is -2.21. The molecule has 0 spiro atoms. The predicted octanol–water partition coefficient (Wildman–Crippen LogP) is 6.56. The fraction of sp³-hybridized carbons (Fsp3) is 0.700. The molecule has 0 saturated heterocycles. The molecule has 0 fully saturated rings. The minimum absolute atomic E-state index is 0.576. The van der Waals surface area contributed by atoms with Gasteiger partial charge in [0.25, 0.3) is 0 Å². The van der Waals surface area contributed by atoms with Crippen LogP contribution in [0.25, 0.3) is 0 Å². The standard InChI is InChI=1S/C20H35N/c1-15(2)11-8-7-9-14-21-20-18(16(3)4)12-10-13-19(20)17(5)6/h10,12-13,15-17,21H,7-9,11,14H2,1-6H3. The summed E-state index contributed by atoms with van der Waals surface area (Å²) >= 11 is 0. The average molecular weight is 290 g/mol. The second-order valence-electron chi connectivity index (χ2n) is 7.29. The quantitative estimate of drug-likeness (QED) is 0.507. The van der Waals surface area contributed by atoms with Gasteiger partial charge in [0.1, 0.15) is 0 Å². The Kier molecular flexibility index (Phi) is 7.85. The van der Waals surface area contributed by atoms with Crippen LogP contribution >= 0.6 is 0 Å². The number of hydrogen-bond donors (Lipinski definition) is 1. The van der Waals surface area contributed by atoms with Crippen LogP contribution in [0.15, 0.2) is 18.2 Å². The predicted molar refractivity (Wildman–Crippen MR) is 96.4 cm³/mol. The van der Waals surface area contributed by atoms with Gasteiger partial charge in [-0.2, -0.15) is 0 Å². The van der Waals surface area contributed by atoms with Crippen molar-refractivity contribution in [2.45, 2.75) is 79.1 Å². The molecule has 1 nitrogen and oxygen atoms in total. The highest BCUT2D eigenvalue weighted by Crippen LogP contribution is 2.32. The Morgan fingerprint density at radius 3 is 1.86 bits per heavy atom. The van der Waals surface area contributed by atoms with Gasteiger partial charge in [-0.1, -0.05) is 79.0 Å². The third kappa shape index (κ3) is 6.11. The van der Waals surface area contributed by atoms with Crippen LogP contribution in [0.1, 0.15) is 90.2 Å². The summed E-state index contributed by atoms with van der Waals surface area (Å²) < 4.78 is 0. The molecule has 0 aliphatic heterocycles. The first-order valence-electron chi connectivity index (χ1n) is 8.80. The van der Waals surface area contributed by atoms with Gasteiger partial charge in [0.15, 0.2) is 0 Å². The molecule has 0 aliphatic rings. The summed E-state index contributed by atoms with van der Waals surface area (Å²) in [4.78, 5) is 0. The van der Waals surface area contributed by atoms with Crippen LogP contribution in [-0.2, 0) is 0 Å². The lowest BCUT2D eigenvalue weighted by atomic mass is 9.92. The van der Waals surface area contributed by atoms with Crippen molar-refractivity contribution in [1.29, 1.82) is 0 Å². The van der Waals surface area contributed by atoms with Gasteiger partial charge in [-0.05, 0) is 35.3 Å². The van der Waals surface area contributed by atoms with E-state index >= 15 is 0 Å². The second-order valence-corrected chi connectivity index (χ2v) is 7.29. The second kappa shape index (κ2) is 9.12. The van der Waals surface area contributed by atoms with E-state index < -0.39 is 0 Å². The van der Waals surface area contributed by atoms with Crippen LogP contribution in [0.5, 0.6) is 0 Å². The Balaban J connectivity index is 2.60. The Bertz CT molecular complexity index is 378. The van der Waals surface area contributed by atoms with E-state index in [1.54, 1.807) is 0 Å². The molecule has 21 heavy (non-hydrogen) atoms. The zero-order valence-electron chi connectivity index (χ0n) is 15.0. The van der Waals surface area contributed by atoms with Gasteiger partial charge in [-0.15, -0.1) is 0 Å². The molecule has 0 aliphatic carbocycles. The largest absolute Gasteiger partial charge is 0.385 e. The van der Waals surface area contributed by atoms with E-state index in [9.17, 15) is 0 Å². The summed E-state index contributed by atoms with van der Waals surface area (Å²) in [6.07, 6.45) is 5.34. The summed E-state index contributed by atoms with van der Waals surface area (Å²) in [5.74, 6) is 1.99. The molecular weight excluding hydrogens is 254 g/mol. The van der Waals surface area contributed by atoms with Crippen molar-refractivity contribution in [3.8, 4) is 0 Å². The van der Waals surface area contributed by atoms with Crippen LogP contribution in [0.2, 0.25) is 0 Å². The molecule has 0 unspecified atom stereocenters. The molecule has 1 aromatic rings. The molecule has 1 heteroatoms. The van der Waals surface area contributed by atoms with Gasteiger partial charge in [-0.3, -0.25) is 0 Å². The van der Waals surface area contributed by atoms with E-state index in [-0.39, 0.29) is 0 Å². The van der Waals surface area contributed by atoms with Crippen molar-refractivity contribution < 1.29 is 0 Å². The smallest absolute Gasteiger partial charge is 0.0410 e. The maximum absolute atomic E-state index is 3.73. The molecule has 120 valence electrons. The van der Waals surface area contributed by atoms with E-state index in [4.69, 9.17) is 0 Å². The zero-order valence-corrected chi connectivity index (χ0v) is 15.0. The third-order valence-electron chi connectivity index (χ3n) is 4.13. The Hall–Kier alpha value is -0.980. The maximum Gasteiger partial charge on any atom is 0.0410 e. The number of benzene rings is 1. The van der Waals surface area contributed by atoms with Gasteiger partial charge >= 0.3 is 0 Å². The third-order valence-corrected chi connectivity index (χ3v) is 4.13. The number of anilines is 1. The SMILES string of the molecule is CC(C)CCCCCNc1c(C(C)C)cccc1C(C)C. The summed E-state index contributed by atoms with van der Waals surface area (Å²) in [5.41, 5.74) is 4.32. The van der Waals surface area contributed by atoms with Crippen molar-refractivity contribution in [2.24, 2.45) is 5.92 Å². The minimum atomic E-state index is 0.576. The summed E-state index contributed by atoms with van der Waals surface area (Å²) in [5, 5.41) is 3.73. The summed E-state index contributed by atoms with van der Waals surface area (Å²) in [7, 11) is 0. The number of hydrogen-bond acceptors (Lipinski definition) is 1. The fourth-order valence-electron chi connectivity index (χ4n) is 2.82. The van der Waals surface area contributed by atoms with Crippen molar-refractivity contribution in [1.82, 2.24) is 0 Å². The minimum Gasteiger partial charge on any atom is -0.385 e. The van der Waals surface area contributed by atoms with E-state index in [0.29, 0.717) is 11.8 Å². The Morgan fingerprint density at radius 1 is 0.810 bits per heavy atom. The lowest BCUT2D eigenvalue weighted by Crippen LogP contribution is -2.09. The molecule has 0 amide bonds. The molecule has 1 rings (SSSR count). The van der Waals surface area contributed by atoms with Crippen LogP contribution in [-0.4, -0.2) is 6.54 Å². The molecule has 1 N–H and O–H groups in total. The first-order valence-corrected chi connectivity index (χ1v) is 8.80. The van der Waals surface area contributed by atoms with Crippen LogP contribution < -0.4 is 5.32 Å². The Morgan fingerprint density at radius 2 is 1.38 bits per heavy atom. The molecule has 0 bridgehead atoms. The van der Waals surface area contributed by atoms with E-state index in [2.05, 4.69) is 65.1 Å². The number of para-hydroxylation sites is 1. The first-order chi connectivity index (χ1) is 9.93. The van der Waals surface area contributed by atoms with Gasteiger partial charge in [0, 0.05) is 12.2 Å². The highest BCUT2D eigenvalue weighted by molar-refractivity contribution is 5.60. The Labute approximate surface area is 132 Å². The maximum atomic E-state index is 3.73. The van der Waals surface area contributed by atoms with Gasteiger partial charge in [0.2, 0.25) is 0 Å². The van der Waals surface area contributed by atoms with Gasteiger partial charge < -0.3 is 5.32 Å². The van der Waals surface area contributed by atoms with Crippen LogP contribution in [0.4, 0.5) is 5.69 Å². The monoisotopic (exact) mass is 289 g/mol. The van der Waals surface area contributed by atoms with Crippen molar-refractivity contribution >= 4 is 5.69 Å². The van der Waals surface area contributed by atoms with Crippen LogP contribution in [0.3, 0.4) is 0 Å². The number of unbranched alkanes of at least 4 members (excludes halogenated alkanes) is 2. The highest BCUT2D eigenvalue weighted by atomic mass is 14.9. The van der Waals surface area contributed by atoms with Crippen molar-refractivity contribution in [3.63, 3.8) is 0 Å². The molecule has 0 heterocycles. The number of nitrogens with one attached hydrogen (secondary N) is 1. The van der Waals surface area contributed by atoms with E-state index in [0.717, 1.165) is 12.5 Å². The molecule has 1 aromatic carbocycles. The molecular formula is C20H35N. The normalized spacial score (nSPS) is 11.7. The van der Waals surface area contributed by atoms with Crippen LogP contribution in [0, 0.1) is 5.92 Å². The number of rotatable bonds is 9. The lowest BCUT2D eigenvalue weighted by molar-refractivity contribution is 0.531. The van der Waals surface area contributed by atoms with Gasteiger partial charge in [0.05, 0.1) is 0 Å². The summed E-state index contributed by atoms with van der Waals surface area (Å²) in [6.45, 7) is 14.9. The van der Waals surface area contributed by atoms with Gasteiger partial charge in [-0.25, -0.2) is 0 Å². The molecule has 0 saturated carbocycles. The summed E-state index contributed by atoms with van der Waals surface area (Å²) in [6, 6.07) is 6.76. The van der Waals surface area contributed by atoms with E-state index in [1.807, 2.05) is 0 Å². The highest BCUT2D eigenvalue weighted by Gasteiger charge is 2.12. The zero-order chi connectivity index (χ0) is 15.8.